The molecule has 0 radical (unpaired) electrons. The molecule has 1 fully saturated rings. The second kappa shape index (κ2) is 10.6. The Balaban J connectivity index is 1.56. The van der Waals surface area contributed by atoms with Crippen LogP contribution in [0.2, 0.25) is 5.02 Å². The zero-order valence-corrected chi connectivity index (χ0v) is 19.8. The van der Waals surface area contributed by atoms with Crippen LogP contribution < -0.4 is 14.8 Å². The summed E-state index contributed by atoms with van der Waals surface area (Å²) in [7, 11) is 3.09. The summed E-state index contributed by atoms with van der Waals surface area (Å²) in [5, 5.41) is 3.53. The molecular weight excluding hydrogens is 454 g/mol. The lowest BCUT2D eigenvalue weighted by molar-refractivity contribution is 0.0671. The van der Waals surface area contributed by atoms with Crippen molar-refractivity contribution in [2.24, 2.45) is 0 Å². The number of nitrogens with one attached hydrogen (secondary N) is 1. The third kappa shape index (κ3) is 4.99. The van der Waals surface area contributed by atoms with E-state index in [1.54, 1.807) is 66.9 Å². The normalized spacial score (nSPS) is 17.7. The third-order valence-corrected chi connectivity index (χ3v) is 6.41. The first kappa shape index (κ1) is 23.6. The Morgan fingerprint density at radius 2 is 1.85 bits per heavy atom. The van der Waals surface area contributed by atoms with Gasteiger partial charge < -0.3 is 19.7 Å². The second-order valence-electron chi connectivity index (χ2n) is 8.06. The van der Waals surface area contributed by atoms with Gasteiger partial charge in [0.25, 0.3) is 11.8 Å². The quantitative estimate of drug-likeness (QED) is 0.573. The standard InChI is InChI=1S/C26H26ClN3O4/c1-33-23-10-9-17(14-24(23)34-2)26(32)30-13-11-22(20(16-30)18-6-5-12-28-15-18)29-25(31)19-7-3-4-8-21(19)27/h3-10,12,14-15,20,22H,11,13,16H2,1-2H3,(H,29,31)/t20-,22-/m1/s1. The molecule has 176 valence electrons. The Kier molecular flexibility index (Phi) is 7.33. The topological polar surface area (TPSA) is 80.8 Å². The van der Waals surface area contributed by atoms with Gasteiger partial charge in [-0.3, -0.25) is 14.6 Å². The van der Waals surface area contributed by atoms with Crippen molar-refractivity contribution in [3.05, 3.63) is 88.7 Å². The van der Waals surface area contributed by atoms with Crippen molar-refractivity contribution in [2.75, 3.05) is 27.3 Å². The van der Waals surface area contributed by atoms with Crippen LogP contribution >= 0.6 is 11.6 Å². The van der Waals surface area contributed by atoms with Gasteiger partial charge in [0.1, 0.15) is 0 Å². The highest BCUT2D eigenvalue weighted by atomic mass is 35.5. The summed E-state index contributed by atoms with van der Waals surface area (Å²) < 4.78 is 10.6. The first-order valence-corrected chi connectivity index (χ1v) is 11.4. The van der Waals surface area contributed by atoms with E-state index in [0.29, 0.717) is 47.2 Å². The fraction of sp³-hybridized carbons (Fsp3) is 0.269. The highest BCUT2D eigenvalue weighted by Crippen LogP contribution is 2.31. The van der Waals surface area contributed by atoms with E-state index >= 15 is 0 Å². The van der Waals surface area contributed by atoms with E-state index in [-0.39, 0.29) is 23.8 Å². The lowest BCUT2D eigenvalue weighted by atomic mass is 9.86. The molecule has 0 unspecified atom stereocenters. The molecule has 1 saturated heterocycles. The van der Waals surface area contributed by atoms with E-state index in [1.807, 2.05) is 12.1 Å². The fourth-order valence-corrected chi connectivity index (χ4v) is 4.51. The zero-order valence-electron chi connectivity index (χ0n) is 19.0. The number of carbonyl (C=O) groups is 2. The Labute approximate surface area is 203 Å². The van der Waals surface area contributed by atoms with E-state index in [0.717, 1.165) is 5.56 Å². The van der Waals surface area contributed by atoms with Crippen molar-refractivity contribution < 1.29 is 19.1 Å². The number of benzene rings is 2. The smallest absolute Gasteiger partial charge is 0.254 e. The molecule has 1 aliphatic rings. The number of carbonyl (C=O) groups excluding carboxylic acids is 2. The van der Waals surface area contributed by atoms with Gasteiger partial charge in [-0.2, -0.15) is 0 Å². The minimum absolute atomic E-state index is 0.106. The molecule has 0 aliphatic carbocycles. The monoisotopic (exact) mass is 479 g/mol. The predicted octanol–water partition coefficient (Wildman–Crippen LogP) is 4.18. The summed E-state index contributed by atoms with van der Waals surface area (Å²) in [6.45, 7) is 0.934. The summed E-state index contributed by atoms with van der Waals surface area (Å²) >= 11 is 6.23. The Hall–Kier alpha value is -3.58. The number of halogens is 1. The summed E-state index contributed by atoms with van der Waals surface area (Å²) in [6.07, 6.45) is 4.08. The number of amides is 2. The van der Waals surface area contributed by atoms with Gasteiger partial charge in [0.05, 0.1) is 24.8 Å². The SMILES string of the molecule is COc1ccc(C(=O)N2CC[C@@H](NC(=O)c3ccccc3Cl)[C@@H](c3cccnc3)C2)cc1OC. The molecule has 3 aromatic rings. The van der Waals surface area contributed by atoms with Crippen molar-refractivity contribution in [1.82, 2.24) is 15.2 Å². The first-order valence-electron chi connectivity index (χ1n) is 11.0. The van der Waals surface area contributed by atoms with Crippen molar-refractivity contribution in [3.8, 4) is 11.5 Å². The molecule has 8 heteroatoms. The molecule has 2 heterocycles. The molecule has 0 saturated carbocycles. The van der Waals surface area contributed by atoms with Gasteiger partial charge >= 0.3 is 0 Å². The molecule has 2 amide bonds. The molecule has 0 spiro atoms. The Morgan fingerprint density at radius 1 is 1.06 bits per heavy atom. The number of pyridine rings is 1. The maximum Gasteiger partial charge on any atom is 0.254 e. The number of ether oxygens (including phenoxy) is 2. The number of rotatable bonds is 6. The van der Waals surface area contributed by atoms with Crippen LogP contribution in [0.5, 0.6) is 11.5 Å². The predicted molar refractivity (Wildman–Crippen MR) is 130 cm³/mol. The van der Waals surface area contributed by atoms with E-state index in [4.69, 9.17) is 21.1 Å². The third-order valence-electron chi connectivity index (χ3n) is 6.08. The lowest BCUT2D eigenvalue weighted by Crippen LogP contribution is -2.51. The molecule has 1 aromatic heterocycles. The molecule has 2 aromatic carbocycles. The van der Waals surface area contributed by atoms with Crippen molar-refractivity contribution in [3.63, 3.8) is 0 Å². The molecule has 34 heavy (non-hydrogen) atoms. The summed E-state index contributed by atoms with van der Waals surface area (Å²) in [5.41, 5.74) is 1.90. The van der Waals surface area contributed by atoms with Gasteiger partial charge in [-0.15, -0.1) is 0 Å². The van der Waals surface area contributed by atoms with Crippen LogP contribution in [0.4, 0.5) is 0 Å². The number of likely N-dealkylation sites (tertiary alicyclic amines) is 1. The largest absolute Gasteiger partial charge is 0.493 e. The van der Waals surface area contributed by atoms with Gasteiger partial charge in [-0.25, -0.2) is 0 Å². The fourth-order valence-electron chi connectivity index (χ4n) is 4.29. The van der Waals surface area contributed by atoms with E-state index in [9.17, 15) is 9.59 Å². The van der Waals surface area contributed by atoms with Crippen LogP contribution in [0.25, 0.3) is 0 Å². The summed E-state index contributed by atoms with van der Waals surface area (Å²) in [6, 6.07) is 15.8. The van der Waals surface area contributed by atoms with Crippen LogP contribution in [-0.4, -0.2) is 55.0 Å². The van der Waals surface area contributed by atoms with Gasteiger partial charge in [0.2, 0.25) is 0 Å². The van der Waals surface area contributed by atoms with Crippen molar-refractivity contribution in [2.45, 2.75) is 18.4 Å². The molecule has 2 atom stereocenters. The second-order valence-corrected chi connectivity index (χ2v) is 8.47. The highest BCUT2D eigenvalue weighted by molar-refractivity contribution is 6.33. The Bertz CT molecular complexity index is 1170. The minimum atomic E-state index is -0.232. The van der Waals surface area contributed by atoms with Crippen molar-refractivity contribution >= 4 is 23.4 Å². The van der Waals surface area contributed by atoms with E-state index in [1.165, 1.54) is 7.11 Å². The van der Waals surface area contributed by atoms with Crippen LogP contribution in [0.1, 0.15) is 38.6 Å². The number of aromatic nitrogens is 1. The lowest BCUT2D eigenvalue weighted by Gasteiger charge is -2.39. The average Bonchev–Trinajstić information content (AvgIpc) is 2.88. The molecule has 4 rings (SSSR count). The van der Waals surface area contributed by atoms with Gasteiger partial charge in [0.15, 0.2) is 11.5 Å². The maximum atomic E-state index is 13.3. The van der Waals surface area contributed by atoms with Gasteiger partial charge in [-0.1, -0.05) is 29.8 Å². The first-order chi connectivity index (χ1) is 16.5. The molecule has 1 aliphatic heterocycles. The van der Waals surface area contributed by atoms with E-state index in [2.05, 4.69) is 10.3 Å². The minimum Gasteiger partial charge on any atom is -0.493 e. The molecular formula is C26H26ClN3O4. The number of nitrogens with zero attached hydrogens (tertiary/aromatic N) is 2. The van der Waals surface area contributed by atoms with Crippen LogP contribution in [0.15, 0.2) is 67.0 Å². The zero-order chi connectivity index (χ0) is 24.1. The number of methoxy groups -OCH3 is 2. The number of piperidine rings is 1. The van der Waals surface area contributed by atoms with Crippen molar-refractivity contribution in [1.29, 1.82) is 0 Å². The molecule has 1 N–H and O–H groups in total. The number of hydrogen-bond donors (Lipinski definition) is 1. The maximum absolute atomic E-state index is 13.3. The molecule has 7 nitrogen and oxygen atoms in total. The van der Waals surface area contributed by atoms with Crippen LogP contribution in [-0.2, 0) is 0 Å². The van der Waals surface area contributed by atoms with Crippen LogP contribution in [0, 0.1) is 0 Å². The molecule has 0 bridgehead atoms. The average molecular weight is 480 g/mol. The van der Waals surface area contributed by atoms with Crippen LogP contribution in [0.3, 0.4) is 0 Å². The summed E-state index contributed by atoms with van der Waals surface area (Å²) in [4.78, 5) is 32.4. The van der Waals surface area contributed by atoms with E-state index < -0.39 is 0 Å². The highest BCUT2D eigenvalue weighted by Gasteiger charge is 2.34. The summed E-state index contributed by atoms with van der Waals surface area (Å²) in [5.74, 6) is 0.597. The number of hydrogen-bond acceptors (Lipinski definition) is 5. The Morgan fingerprint density at radius 3 is 2.56 bits per heavy atom. The van der Waals surface area contributed by atoms with Gasteiger partial charge in [0, 0.05) is 43.0 Å². The van der Waals surface area contributed by atoms with Gasteiger partial charge in [-0.05, 0) is 48.4 Å².